The summed E-state index contributed by atoms with van der Waals surface area (Å²) in [7, 11) is 0. The zero-order valence-electron chi connectivity index (χ0n) is 14.2. The summed E-state index contributed by atoms with van der Waals surface area (Å²) in [5, 5.41) is 8.67. The fraction of sp³-hybridized carbons (Fsp3) is 0.118. The molecule has 0 aliphatic heterocycles. The zero-order chi connectivity index (χ0) is 20.4. The predicted octanol–water partition coefficient (Wildman–Crippen LogP) is 4.94. The number of nitrogens with zero attached hydrogens (tertiary/aromatic N) is 4. The van der Waals surface area contributed by atoms with E-state index in [2.05, 4.69) is 15.2 Å². The monoisotopic (exact) mass is 431 g/mol. The lowest BCUT2D eigenvalue weighted by Crippen LogP contribution is -2.06. The SMILES string of the molecule is Cc1nn(Cc2ccc(Cl)cc2)c(Cl)c1/C=N/Nc1c(F)c(F)nc(F)c1F. The van der Waals surface area contributed by atoms with Gasteiger partial charge in [0, 0.05) is 5.02 Å². The average Bonchev–Trinajstić information content (AvgIpc) is 2.92. The van der Waals surface area contributed by atoms with Gasteiger partial charge in [0.1, 0.15) is 10.8 Å². The maximum atomic E-state index is 13.6. The van der Waals surface area contributed by atoms with E-state index in [0.29, 0.717) is 22.8 Å². The smallest absolute Gasteiger partial charge is 0.254 e. The molecule has 0 atom stereocenters. The summed E-state index contributed by atoms with van der Waals surface area (Å²) in [6.07, 6.45) is 1.14. The molecule has 0 radical (unpaired) electrons. The molecule has 0 unspecified atom stereocenters. The minimum absolute atomic E-state index is 0.214. The molecule has 5 nitrogen and oxygen atoms in total. The molecule has 146 valence electrons. The molecule has 1 N–H and O–H groups in total. The Kier molecular flexibility index (Phi) is 5.85. The van der Waals surface area contributed by atoms with Gasteiger partial charge in [-0.05, 0) is 24.6 Å². The number of aryl methyl sites for hydroxylation is 1. The van der Waals surface area contributed by atoms with Crippen LogP contribution in [0.2, 0.25) is 10.2 Å². The van der Waals surface area contributed by atoms with Gasteiger partial charge in [0.2, 0.25) is 11.6 Å². The maximum absolute atomic E-state index is 13.6. The van der Waals surface area contributed by atoms with E-state index in [-0.39, 0.29) is 5.15 Å². The summed E-state index contributed by atoms with van der Waals surface area (Å²) in [6.45, 7) is 2.00. The largest absolute Gasteiger partial charge is 0.272 e. The third-order valence-corrected chi connectivity index (χ3v) is 4.37. The first-order chi connectivity index (χ1) is 13.3. The van der Waals surface area contributed by atoms with Gasteiger partial charge in [-0.2, -0.15) is 32.7 Å². The number of aromatic nitrogens is 3. The van der Waals surface area contributed by atoms with Gasteiger partial charge >= 0.3 is 0 Å². The van der Waals surface area contributed by atoms with Crippen molar-refractivity contribution in [2.45, 2.75) is 13.5 Å². The number of hydrazone groups is 1. The minimum Gasteiger partial charge on any atom is -0.272 e. The molecular formula is C17H11Cl2F4N5. The third-order valence-electron chi connectivity index (χ3n) is 3.72. The Balaban J connectivity index is 1.82. The third kappa shape index (κ3) is 4.10. The van der Waals surface area contributed by atoms with Gasteiger partial charge < -0.3 is 0 Å². The molecule has 11 heteroatoms. The number of benzene rings is 1. The Morgan fingerprint density at radius 3 is 2.29 bits per heavy atom. The first kappa shape index (κ1) is 20.1. The molecule has 0 saturated heterocycles. The molecule has 0 aliphatic carbocycles. The fourth-order valence-corrected chi connectivity index (χ4v) is 2.74. The van der Waals surface area contributed by atoms with Crippen molar-refractivity contribution in [1.82, 2.24) is 14.8 Å². The molecule has 0 aliphatic rings. The van der Waals surface area contributed by atoms with Gasteiger partial charge in [0.25, 0.3) is 11.9 Å². The summed E-state index contributed by atoms with van der Waals surface area (Å²) in [4.78, 5) is 2.46. The van der Waals surface area contributed by atoms with Gasteiger partial charge in [-0.25, -0.2) is 4.68 Å². The highest BCUT2D eigenvalue weighted by atomic mass is 35.5. The van der Waals surface area contributed by atoms with Crippen LogP contribution in [-0.2, 0) is 6.54 Å². The molecule has 1 aromatic carbocycles. The highest BCUT2D eigenvalue weighted by Crippen LogP contribution is 2.23. The van der Waals surface area contributed by atoms with E-state index in [9.17, 15) is 17.6 Å². The molecule has 28 heavy (non-hydrogen) atoms. The van der Waals surface area contributed by atoms with E-state index in [4.69, 9.17) is 23.2 Å². The molecule has 2 heterocycles. The molecule has 0 saturated carbocycles. The molecule has 0 amide bonds. The van der Waals surface area contributed by atoms with Crippen molar-refractivity contribution in [2.24, 2.45) is 5.10 Å². The fourth-order valence-electron chi connectivity index (χ4n) is 2.33. The lowest BCUT2D eigenvalue weighted by Gasteiger charge is -2.05. The van der Waals surface area contributed by atoms with Crippen LogP contribution in [0.15, 0.2) is 29.4 Å². The normalized spacial score (nSPS) is 11.4. The van der Waals surface area contributed by atoms with Crippen molar-refractivity contribution in [3.63, 3.8) is 0 Å². The molecule has 3 aromatic rings. The summed E-state index contributed by atoms with van der Waals surface area (Å²) < 4.78 is 54.8. The Hall–Kier alpha value is -2.65. The number of halogens is 6. The maximum Gasteiger partial charge on any atom is 0.254 e. The van der Waals surface area contributed by atoms with Gasteiger partial charge in [0.15, 0.2) is 0 Å². The molecule has 0 bridgehead atoms. The van der Waals surface area contributed by atoms with Crippen molar-refractivity contribution in [3.8, 4) is 0 Å². The Labute approximate surface area is 166 Å². The van der Waals surface area contributed by atoms with Crippen LogP contribution < -0.4 is 5.43 Å². The van der Waals surface area contributed by atoms with E-state index >= 15 is 0 Å². The average molecular weight is 432 g/mol. The molecule has 0 spiro atoms. The van der Waals surface area contributed by atoms with E-state index in [1.807, 2.05) is 17.6 Å². The minimum atomic E-state index is -1.79. The van der Waals surface area contributed by atoms with E-state index < -0.39 is 29.2 Å². The Morgan fingerprint density at radius 2 is 1.68 bits per heavy atom. The van der Waals surface area contributed by atoms with Crippen LogP contribution in [-0.4, -0.2) is 21.0 Å². The Morgan fingerprint density at radius 1 is 1.07 bits per heavy atom. The zero-order valence-corrected chi connectivity index (χ0v) is 15.7. The highest BCUT2D eigenvalue weighted by molar-refractivity contribution is 6.32. The summed E-state index contributed by atoms with van der Waals surface area (Å²) in [5.74, 6) is -6.97. The van der Waals surface area contributed by atoms with Crippen molar-refractivity contribution in [2.75, 3.05) is 5.43 Å². The van der Waals surface area contributed by atoms with Crippen LogP contribution in [0.1, 0.15) is 16.8 Å². The number of hydrogen-bond donors (Lipinski definition) is 1. The second-order valence-electron chi connectivity index (χ2n) is 5.64. The number of hydrogen-bond acceptors (Lipinski definition) is 4. The van der Waals surface area contributed by atoms with Crippen molar-refractivity contribution >= 4 is 35.1 Å². The highest BCUT2D eigenvalue weighted by Gasteiger charge is 2.20. The quantitative estimate of drug-likeness (QED) is 0.269. The number of rotatable bonds is 5. The summed E-state index contributed by atoms with van der Waals surface area (Å²) in [5.41, 5.74) is 2.55. The topological polar surface area (TPSA) is 55.1 Å². The molecule has 0 fully saturated rings. The number of anilines is 1. The van der Waals surface area contributed by atoms with Crippen LogP contribution in [0.5, 0.6) is 0 Å². The van der Waals surface area contributed by atoms with Crippen LogP contribution >= 0.6 is 23.2 Å². The molecule has 2 aromatic heterocycles. The molecular weight excluding hydrogens is 421 g/mol. The van der Waals surface area contributed by atoms with Crippen molar-refractivity contribution in [1.29, 1.82) is 0 Å². The van der Waals surface area contributed by atoms with Crippen LogP contribution in [0, 0.1) is 30.5 Å². The lowest BCUT2D eigenvalue weighted by molar-refractivity contribution is 0.411. The number of nitrogens with one attached hydrogen (secondary N) is 1. The van der Waals surface area contributed by atoms with Crippen LogP contribution in [0.25, 0.3) is 0 Å². The lowest BCUT2D eigenvalue weighted by atomic mass is 10.2. The second-order valence-corrected chi connectivity index (χ2v) is 6.43. The van der Waals surface area contributed by atoms with Gasteiger partial charge in [-0.3, -0.25) is 5.43 Å². The summed E-state index contributed by atoms with van der Waals surface area (Å²) >= 11 is 12.1. The predicted molar refractivity (Wildman–Crippen MR) is 97.8 cm³/mol. The van der Waals surface area contributed by atoms with E-state index in [0.717, 1.165) is 11.8 Å². The summed E-state index contributed by atoms with van der Waals surface area (Å²) in [6, 6.07) is 7.07. The first-order valence-electron chi connectivity index (χ1n) is 7.74. The van der Waals surface area contributed by atoms with Gasteiger partial charge in [-0.15, -0.1) is 0 Å². The number of pyridine rings is 1. The van der Waals surface area contributed by atoms with Crippen LogP contribution in [0.3, 0.4) is 0 Å². The van der Waals surface area contributed by atoms with Gasteiger partial charge in [-0.1, -0.05) is 35.3 Å². The van der Waals surface area contributed by atoms with E-state index in [1.54, 1.807) is 19.1 Å². The molecule has 3 rings (SSSR count). The second kappa shape index (κ2) is 8.15. The first-order valence-corrected chi connectivity index (χ1v) is 8.50. The van der Waals surface area contributed by atoms with Gasteiger partial charge in [0.05, 0.1) is 24.0 Å². The van der Waals surface area contributed by atoms with Crippen molar-refractivity contribution in [3.05, 3.63) is 74.8 Å². The standard InChI is InChI=1S/C17H11Cl2F4N5/c1-8-11(6-24-26-14-12(20)16(22)25-17(23)13(14)21)15(19)28(27-8)7-9-2-4-10(18)5-3-9/h2-6H,7H2,1H3,(H,25,26)/b24-6+. The van der Waals surface area contributed by atoms with Crippen LogP contribution in [0.4, 0.5) is 23.2 Å². The Bertz CT molecular complexity index is 1020. The van der Waals surface area contributed by atoms with E-state index in [1.165, 1.54) is 4.68 Å². The van der Waals surface area contributed by atoms with Crippen molar-refractivity contribution < 1.29 is 17.6 Å².